The summed E-state index contributed by atoms with van der Waals surface area (Å²) in [5, 5.41) is 0. The van der Waals surface area contributed by atoms with Crippen LogP contribution in [0.4, 0.5) is 0 Å². The van der Waals surface area contributed by atoms with E-state index in [0.29, 0.717) is 11.8 Å². The van der Waals surface area contributed by atoms with E-state index in [9.17, 15) is 4.79 Å². The number of carbonyl (C=O) groups is 1. The smallest absolute Gasteiger partial charge is 0.289 e. The first-order valence-corrected chi connectivity index (χ1v) is 5.99. The molecule has 1 aromatic rings. The Kier molecular flexibility index (Phi) is 3.32. The predicted octanol–water partition coefficient (Wildman–Crippen LogP) is 2.93. The third-order valence-electron chi connectivity index (χ3n) is 3.59. The lowest BCUT2D eigenvalue weighted by molar-refractivity contribution is 0.0647. The van der Waals surface area contributed by atoms with Crippen molar-refractivity contribution in [1.82, 2.24) is 4.90 Å². The summed E-state index contributed by atoms with van der Waals surface area (Å²) in [6.07, 6.45) is 6.22. The van der Waals surface area contributed by atoms with Crippen LogP contribution in [0.15, 0.2) is 22.8 Å². The van der Waals surface area contributed by atoms with Gasteiger partial charge < -0.3 is 9.32 Å². The van der Waals surface area contributed by atoms with Crippen LogP contribution in [0.1, 0.15) is 43.2 Å². The van der Waals surface area contributed by atoms with Gasteiger partial charge in [-0.1, -0.05) is 6.92 Å². The zero-order valence-corrected chi connectivity index (χ0v) is 9.98. The highest BCUT2D eigenvalue weighted by atomic mass is 16.3. The van der Waals surface area contributed by atoms with Crippen LogP contribution in [-0.4, -0.2) is 23.9 Å². The molecular weight excluding hydrogens is 202 g/mol. The highest BCUT2D eigenvalue weighted by Gasteiger charge is 2.26. The molecule has 1 aliphatic rings. The maximum absolute atomic E-state index is 12.0. The SMILES string of the molecule is CC1CCC(N(C)C(=O)c2ccco2)CC1. The summed E-state index contributed by atoms with van der Waals surface area (Å²) in [7, 11) is 1.88. The molecule has 0 unspecified atom stereocenters. The zero-order chi connectivity index (χ0) is 11.5. The number of hydrogen-bond donors (Lipinski definition) is 0. The third-order valence-corrected chi connectivity index (χ3v) is 3.59. The van der Waals surface area contributed by atoms with Gasteiger partial charge in [0.05, 0.1) is 6.26 Å². The summed E-state index contributed by atoms with van der Waals surface area (Å²) >= 11 is 0. The number of carbonyl (C=O) groups excluding carboxylic acids is 1. The molecule has 0 bridgehead atoms. The van der Waals surface area contributed by atoms with E-state index in [0.717, 1.165) is 18.8 Å². The molecule has 1 amide bonds. The third kappa shape index (κ3) is 2.29. The van der Waals surface area contributed by atoms with Gasteiger partial charge in [-0.3, -0.25) is 4.79 Å². The van der Waals surface area contributed by atoms with Crippen LogP contribution in [0.3, 0.4) is 0 Å². The Labute approximate surface area is 96.4 Å². The van der Waals surface area contributed by atoms with E-state index in [1.54, 1.807) is 18.4 Å². The van der Waals surface area contributed by atoms with Gasteiger partial charge in [0.15, 0.2) is 5.76 Å². The second kappa shape index (κ2) is 4.73. The first-order valence-electron chi connectivity index (χ1n) is 5.99. The summed E-state index contributed by atoms with van der Waals surface area (Å²) in [4.78, 5) is 13.9. The molecule has 1 saturated carbocycles. The van der Waals surface area contributed by atoms with Gasteiger partial charge in [0.1, 0.15) is 0 Å². The van der Waals surface area contributed by atoms with E-state index in [2.05, 4.69) is 6.92 Å². The molecule has 0 spiro atoms. The molecule has 16 heavy (non-hydrogen) atoms. The van der Waals surface area contributed by atoms with Crippen LogP contribution in [-0.2, 0) is 0 Å². The van der Waals surface area contributed by atoms with Gasteiger partial charge in [0.2, 0.25) is 0 Å². The maximum atomic E-state index is 12.0. The molecule has 0 radical (unpaired) electrons. The number of furan rings is 1. The first kappa shape index (κ1) is 11.2. The maximum Gasteiger partial charge on any atom is 0.289 e. The molecule has 1 heterocycles. The number of hydrogen-bond acceptors (Lipinski definition) is 2. The molecule has 1 aliphatic carbocycles. The number of nitrogens with zero attached hydrogens (tertiary/aromatic N) is 1. The zero-order valence-electron chi connectivity index (χ0n) is 9.98. The van der Waals surface area contributed by atoms with Crippen molar-refractivity contribution in [3.05, 3.63) is 24.2 Å². The molecule has 0 N–H and O–H groups in total. The predicted molar refractivity (Wildman–Crippen MR) is 62.2 cm³/mol. The minimum absolute atomic E-state index is 0.00422. The molecule has 3 nitrogen and oxygen atoms in total. The van der Waals surface area contributed by atoms with E-state index in [1.807, 2.05) is 11.9 Å². The van der Waals surface area contributed by atoms with Crippen LogP contribution < -0.4 is 0 Å². The molecule has 0 aliphatic heterocycles. The molecular formula is C13H19NO2. The molecule has 0 saturated heterocycles. The average molecular weight is 221 g/mol. The highest BCUT2D eigenvalue weighted by Crippen LogP contribution is 2.27. The molecule has 3 heteroatoms. The average Bonchev–Trinajstić information content (AvgIpc) is 2.81. The Bertz CT molecular complexity index is 337. The van der Waals surface area contributed by atoms with Gasteiger partial charge in [0.25, 0.3) is 5.91 Å². The Balaban J connectivity index is 1.97. The lowest BCUT2D eigenvalue weighted by Crippen LogP contribution is -2.39. The summed E-state index contributed by atoms with van der Waals surface area (Å²) in [5.41, 5.74) is 0. The lowest BCUT2D eigenvalue weighted by Gasteiger charge is -2.33. The fourth-order valence-electron chi connectivity index (χ4n) is 2.37. The molecule has 2 rings (SSSR count). The Morgan fingerprint density at radius 2 is 2.06 bits per heavy atom. The largest absolute Gasteiger partial charge is 0.459 e. The van der Waals surface area contributed by atoms with Gasteiger partial charge in [-0.25, -0.2) is 0 Å². The summed E-state index contributed by atoms with van der Waals surface area (Å²) in [5.74, 6) is 1.26. The molecule has 0 atom stereocenters. The number of amides is 1. The quantitative estimate of drug-likeness (QED) is 0.769. The van der Waals surface area contributed by atoms with E-state index in [4.69, 9.17) is 4.42 Å². The van der Waals surface area contributed by atoms with Crippen molar-refractivity contribution in [1.29, 1.82) is 0 Å². The van der Waals surface area contributed by atoms with Crippen LogP contribution in [0.2, 0.25) is 0 Å². The molecule has 1 aromatic heterocycles. The van der Waals surface area contributed by atoms with Crippen molar-refractivity contribution < 1.29 is 9.21 Å². The molecule has 88 valence electrons. The fourth-order valence-corrected chi connectivity index (χ4v) is 2.37. The van der Waals surface area contributed by atoms with Gasteiger partial charge in [0, 0.05) is 13.1 Å². The van der Waals surface area contributed by atoms with Crippen LogP contribution in [0, 0.1) is 5.92 Å². The minimum Gasteiger partial charge on any atom is -0.459 e. The van der Waals surface area contributed by atoms with Crippen molar-refractivity contribution in [2.45, 2.75) is 38.6 Å². The van der Waals surface area contributed by atoms with Crippen LogP contribution in [0.5, 0.6) is 0 Å². The van der Waals surface area contributed by atoms with Gasteiger partial charge in [-0.05, 0) is 43.7 Å². The Hall–Kier alpha value is -1.25. The van der Waals surface area contributed by atoms with Crippen LogP contribution >= 0.6 is 0 Å². The monoisotopic (exact) mass is 221 g/mol. The Morgan fingerprint density at radius 3 is 2.62 bits per heavy atom. The van der Waals surface area contributed by atoms with Crippen LogP contribution in [0.25, 0.3) is 0 Å². The van der Waals surface area contributed by atoms with E-state index in [-0.39, 0.29) is 5.91 Å². The summed E-state index contributed by atoms with van der Waals surface area (Å²) in [6, 6.07) is 3.86. The second-order valence-corrected chi connectivity index (χ2v) is 4.81. The Morgan fingerprint density at radius 1 is 1.38 bits per heavy atom. The van der Waals surface area contributed by atoms with Crippen molar-refractivity contribution in [2.24, 2.45) is 5.92 Å². The summed E-state index contributed by atoms with van der Waals surface area (Å²) in [6.45, 7) is 2.28. The normalized spacial score (nSPS) is 25.4. The van der Waals surface area contributed by atoms with Crippen molar-refractivity contribution in [2.75, 3.05) is 7.05 Å². The second-order valence-electron chi connectivity index (χ2n) is 4.81. The van der Waals surface area contributed by atoms with Crippen molar-refractivity contribution >= 4 is 5.91 Å². The van der Waals surface area contributed by atoms with Gasteiger partial charge in [-0.2, -0.15) is 0 Å². The lowest BCUT2D eigenvalue weighted by atomic mass is 9.87. The first-order chi connectivity index (χ1) is 7.68. The van der Waals surface area contributed by atoms with Crippen molar-refractivity contribution in [3.8, 4) is 0 Å². The van der Waals surface area contributed by atoms with Crippen molar-refractivity contribution in [3.63, 3.8) is 0 Å². The standard InChI is InChI=1S/C13H19NO2/c1-10-5-7-11(8-6-10)14(2)13(15)12-4-3-9-16-12/h3-4,9-11H,5-8H2,1-2H3. The fraction of sp³-hybridized carbons (Fsp3) is 0.615. The van der Waals surface area contributed by atoms with Gasteiger partial charge >= 0.3 is 0 Å². The van der Waals surface area contributed by atoms with E-state index < -0.39 is 0 Å². The minimum atomic E-state index is 0.00422. The molecule has 1 fully saturated rings. The number of rotatable bonds is 2. The summed E-state index contributed by atoms with van der Waals surface area (Å²) < 4.78 is 5.14. The molecule has 0 aromatic carbocycles. The van der Waals surface area contributed by atoms with E-state index >= 15 is 0 Å². The van der Waals surface area contributed by atoms with E-state index in [1.165, 1.54) is 12.8 Å². The topological polar surface area (TPSA) is 33.5 Å². The highest BCUT2D eigenvalue weighted by molar-refractivity contribution is 5.91. The van der Waals surface area contributed by atoms with Gasteiger partial charge in [-0.15, -0.1) is 0 Å².